The summed E-state index contributed by atoms with van der Waals surface area (Å²) in [5, 5.41) is 11.2. The Bertz CT molecular complexity index is 417. The number of thiophene rings is 1. The molecule has 0 fully saturated rings. The summed E-state index contributed by atoms with van der Waals surface area (Å²) in [6.45, 7) is 3.18. The van der Waals surface area contributed by atoms with Crippen LogP contribution in [0.3, 0.4) is 0 Å². The van der Waals surface area contributed by atoms with Gasteiger partial charge in [0.1, 0.15) is 0 Å². The molecule has 86 valence electrons. The first-order valence-electron chi connectivity index (χ1n) is 4.73. The van der Waals surface area contributed by atoms with E-state index in [0.29, 0.717) is 4.88 Å². The lowest BCUT2D eigenvalue weighted by Gasteiger charge is -2.03. The fourth-order valence-electron chi connectivity index (χ4n) is 1.05. The Morgan fingerprint density at radius 1 is 1.50 bits per heavy atom. The molecule has 0 aromatic carbocycles. The number of esters is 1. The molecule has 0 radical (unpaired) electrons. The molecule has 0 bridgehead atoms. The summed E-state index contributed by atoms with van der Waals surface area (Å²) >= 11 is 1.25. The van der Waals surface area contributed by atoms with Crippen LogP contribution in [0.2, 0.25) is 0 Å². The van der Waals surface area contributed by atoms with Crippen molar-refractivity contribution in [2.24, 2.45) is 0 Å². The number of hydrogen-bond donors (Lipinski definition) is 1. The Labute approximate surface area is 97.2 Å². The van der Waals surface area contributed by atoms with Gasteiger partial charge in [-0.2, -0.15) is 0 Å². The van der Waals surface area contributed by atoms with Gasteiger partial charge < -0.3 is 9.84 Å². The lowest BCUT2D eigenvalue weighted by atomic mass is 10.1. The van der Waals surface area contributed by atoms with Crippen LogP contribution >= 0.6 is 11.3 Å². The summed E-state index contributed by atoms with van der Waals surface area (Å²) < 4.78 is 4.60. The zero-order chi connectivity index (χ0) is 12.1. The van der Waals surface area contributed by atoms with Crippen molar-refractivity contribution in [3.05, 3.63) is 33.7 Å². The molecular weight excluding hydrogens is 228 g/mol. The molecule has 1 rings (SSSR count). The molecule has 1 N–H and O–H groups in total. The molecule has 0 aliphatic rings. The van der Waals surface area contributed by atoms with Crippen molar-refractivity contribution in [1.29, 1.82) is 0 Å². The second-order valence-electron chi connectivity index (χ2n) is 3.00. The fourth-order valence-corrected chi connectivity index (χ4v) is 1.77. The van der Waals surface area contributed by atoms with Crippen molar-refractivity contribution in [2.75, 3.05) is 6.61 Å². The maximum absolute atomic E-state index is 11.7. The summed E-state index contributed by atoms with van der Waals surface area (Å²) in [6.07, 6.45) is 0. The summed E-state index contributed by atoms with van der Waals surface area (Å²) in [5.41, 5.74) is 0.000833. The van der Waals surface area contributed by atoms with E-state index in [0.717, 1.165) is 0 Å². The summed E-state index contributed by atoms with van der Waals surface area (Å²) in [6, 6.07) is 3.36. The predicted molar refractivity (Wildman–Crippen MR) is 60.6 cm³/mol. The number of aliphatic hydroxyl groups is 1. The van der Waals surface area contributed by atoms with Crippen molar-refractivity contribution >= 4 is 23.1 Å². The van der Waals surface area contributed by atoms with Crippen LogP contribution in [0.1, 0.15) is 23.5 Å². The van der Waals surface area contributed by atoms with Crippen molar-refractivity contribution < 1.29 is 19.4 Å². The Morgan fingerprint density at radius 2 is 2.19 bits per heavy atom. The maximum atomic E-state index is 11.7. The standard InChI is InChI=1S/C11H12O4S/c1-3-15-11(14)10(13)7(2)9(12)8-5-4-6-16-8/h4-6,13H,3H2,1-2H3/b10-7-. The highest BCUT2D eigenvalue weighted by Gasteiger charge is 2.19. The largest absolute Gasteiger partial charge is 0.502 e. The second-order valence-corrected chi connectivity index (χ2v) is 3.95. The van der Waals surface area contributed by atoms with Gasteiger partial charge in [-0.3, -0.25) is 4.79 Å². The number of Topliss-reactive ketones (excluding diaryl/α,β-unsaturated/α-hetero) is 1. The van der Waals surface area contributed by atoms with E-state index in [2.05, 4.69) is 4.74 Å². The third kappa shape index (κ3) is 2.70. The minimum Gasteiger partial charge on any atom is -0.502 e. The topological polar surface area (TPSA) is 63.6 Å². The molecule has 0 saturated heterocycles. The Balaban J connectivity index is 2.91. The van der Waals surface area contributed by atoms with Crippen LogP contribution in [0.15, 0.2) is 28.8 Å². The number of aliphatic hydroxyl groups excluding tert-OH is 1. The van der Waals surface area contributed by atoms with Crippen LogP contribution in [-0.4, -0.2) is 23.5 Å². The Hall–Kier alpha value is -1.62. The number of ether oxygens (including phenoxy) is 1. The SMILES string of the molecule is CCOC(=O)/C(O)=C(\C)C(=O)c1cccs1. The van der Waals surface area contributed by atoms with E-state index in [1.807, 2.05) is 0 Å². The van der Waals surface area contributed by atoms with E-state index in [1.54, 1.807) is 24.4 Å². The van der Waals surface area contributed by atoms with E-state index >= 15 is 0 Å². The number of hydrogen-bond acceptors (Lipinski definition) is 5. The minimum atomic E-state index is -0.870. The number of ketones is 1. The molecule has 0 aliphatic heterocycles. The average Bonchev–Trinajstić information content (AvgIpc) is 2.79. The predicted octanol–water partition coefficient (Wildman–Crippen LogP) is 2.33. The third-order valence-corrected chi connectivity index (χ3v) is 2.78. The van der Waals surface area contributed by atoms with Crippen molar-refractivity contribution in [1.82, 2.24) is 0 Å². The van der Waals surface area contributed by atoms with Gasteiger partial charge in [0, 0.05) is 5.57 Å². The average molecular weight is 240 g/mol. The van der Waals surface area contributed by atoms with E-state index in [4.69, 9.17) is 0 Å². The zero-order valence-electron chi connectivity index (χ0n) is 9.02. The molecule has 16 heavy (non-hydrogen) atoms. The first-order valence-corrected chi connectivity index (χ1v) is 5.61. The Morgan fingerprint density at radius 3 is 2.69 bits per heavy atom. The van der Waals surface area contributed by atoms with Crippen molar-refractivity contribution in [3.8, 4) is 0 Å². The van der Waals surface area contributed by atoms with Gasteiger partial charge in [-0.1, -0.05) is 6.07 Å². The maximum Gasteiger partial charge on any atom is 0.373 e. The minimum absolute atomic E-state index is 0.000833. The lowest BCUT2D eigenvalue weighted by Crippen LogP contribution is -2.12. The van der Waals surface area contributed by atoms with Crippen LogP contribution in [0.25, 0.3) is 0 Å². The van der Waals surface area contributed by atoms with Gasteiger partial charge in [0.05, 0.1) is 11.5 Å². The molecule has 0 unspecified atom stereocenters. The zero-order valence-corrected chi connectivity index (χ0v) is 9.84. The molecule has 1 aromatic heterocycles. The van der Waals surface area contributed by atoms with E-state index in [1.165, 1.54) is 18.3 Å². The highest BCUT2D eigenvalue weighted by molar-refractivity contribution is 7.12. The van der Waals surface area contributed by atoms with Crippen LogP contribution in [-0.2, 0) is 9.53 Å². The third-order valence-electron chi connectivity index (χ3n) is 1.91. The number of allylic oxidation sites excluding steroid dienone is 1. The summed E-state index contributed by atoms with van der Waals surface area (Å²) in [4.78, 5) is 23.4. The normalized spacial score (nSPS) is 11.9. The molecule has 0 aliphatic carbocycles. The number of carbonyl (C=O) groups excluding carboxylic acids is 2. The van der Waals surface area contributed by atoms with E-state index in [9.17, 15) is 14.7 Å². The molecule has 0 saturated carbocycles. The van der Waals surface area contributed by atoms with Crippen molar-refractivity contribution in [2.45, 2.75) is 13.8 Å². The van der Waals surface area contributed by atoms with Gasteiger partial charge in [-0.05, 0) is 25.3 Å². The molecule has 0 atom stereocenters. The smallest absolute Gasteiger partial charge is 0.373 e. The first-order chi connectivity index (χ1) is 7.57. The van der Waals surface area contributed by atoms with E-state index < -0.39 is 11.7 Å². The number of rotatable bonds is 4. The van der Waals surface area contributed by atoms with Gasteiger partial charge in [0.2, 0.25) is 11.5 Å². The van der Waals surface area contributed by atoms with Crippen LogP contribution in [0.5, 0.6) is 0 Å². The summed E-state index contributed by atoms with van der Waals surface area (Å²) in [5.74, 6) is -1.86. The highest BCUT2D eigenvalue weighted by Crippen LogP contribution is 2.16. The highest BCUT2D eigenvalue weighted by atomic mass is 32.1. The van der Waals surface area contributed by atoms with Crippen LogP contribution in [0.4, 0.5) is 0 Å². The molecule has 0 spiro atoms. The van der Waals surface area contributed by atoms with Gasteiger partial charge in [-0.15, -0.1) is 11.3 Å². The van der Waals surface area contributed by atoms with Gasteiger partial charge >= 0.3 is 5.97 Å². The quantitative estimate of drug-likeness (QED) is 0.379. The van der Waals surface area contributed by atoms with Crippen LogP contribution < -0.4 is 0 Å². The molecule has 1 heterocycles. The van der Waals surface area contributed by atoms with Crippen LogP contribution in [0, 0.1) is 0 Å². The lowest BCUT2D eigenvalue weighted by molar-refractivity contribution is -0.141. The van der Waals surface area contributed by atoms with Gasteiger partial charge in [0.15, 0.2) is 0 Å². The monoisotopic (exact) mass is 240 g/mol. The second kappa shape index (κ2) is 5.46. The first kappa shape index (κ1) is 12.4. The molecule has 5 heteroatoms. The molecule has 1 aromatic rings. The Kier molecular flexibility index (Phi) is 4.25. The molecule has 4 nitrogen and oxygen atoms in total. The number of carbonyl (C=O) groups is 2. The molecular formula is C11H12O4S. The van der Waals surface area contributed by atoms with Crippen molar-refractivity contribution in [3.63, 3.8) is 0 Å². The van der Waals surface area contributed by atoms with Gasteiger partial charge in [0.25, 0.3) is 0 Å². The summed E-state index contributed by atoms with van der Waals surface area (Å²) in [7, 11) is 0. The van der Waals surface area contributed by atoms with Gasteiger partial charge in [-0.25, -0.2) is 4.79 Å². The fraction of sp³-hybridized carbons (Fsp3) is 0.273. The van der Waals surface area contributed by atoms with E-state index in [-0.39, 0.29) is 18.0 Å². The molecule has 0 amide bonds.